The summed E-state index contributed by atoms with van der Waals surface area (Å²) in [6.45, 7) is 1.47. The molecule has 154 valence electrons. The van der Waals surface area contributed by atoms with E-state index in [1.807, 2.05) is 9.80 Å². The summed E-state index contributed by atoms with van der Waals surface area (Å²) in [5.41, 5.74) is 5.83. The Morgan fingerprint density at radius 2 is 1.93 bits per heavy atom. The van der Waals surface area contributed by atoms with Crippen LogP contribution in [0.1, 0.15) is 68.7 Å². The third kappa shape index (κ3) is 4.62. The number of hydrogen-bond acceptors (Lipinski definition) is 4. The van der Waals surface area contributed by atoms with E-state index < -0.39 is 0 Å². The first-order chi connectivity index (χ1) is 13.5. The monoisotopic (exact) mass is 424 g/mol. The lowest BCUT2D eigenvalue weighted by Gasteiger charge is -2.44. The fourth-order valence-corrected chi connectivity index (χ4v) is 5.92. The van der Waals surface area contributed by atoms with Crippen LogP contribution in [0, 0.1) is 5.92 Å². The second-order valence-electron chi connectivity index (χ2n) is 8.52. The van der Waals surface area contributed by atoms with Crippen LogP contribution in [-0.4, -0.2) is 51.9 Å². The number of primary amides is 1. The van der Waals surface area contributed by atoms with Crippen molar-refractivity contribution in [1.82, 2.24) is 14.8 Å². The van der Waals surface area contributed by atoms with Crippen molar-refractivity contribution < 1.29 is 9.59 Å². The van der Waals surface area contributed by atoms with Crippen molar-refractivity contribution in [2.75, 3.05) is 13.1 Å². The van der Waals surface area contributed by atoms with Crippen molar-refractivity contribution in [1.29, 1.82) is 0 Å². The molecule has 0 spiro atoms. The van der Waals surface area contributed by atoms with Crippen LogP contribution in [0.5, 0.6) is 0 Å². The number of likely N-dealkylation sites (tertiary alicyclic amines) is 1. The van der Waals surface area contributed by atoms with Crippen LogP contribution in [0.2, 0.25) is 4.34 Å². The average Bonchev–Trinajstić information content (AvgIpc) is 3.39. The zero-order valence-corrected chi connectivity index (χ0v) is 17.8. The van der Waals surface area contributed by atoms with Crippen molar-refractivity contribution in [3.05, 3.63) is 15.5 Å². The van der Waals surface area contributed by atoms with Crippen molar-refractivity contribution in [2.45, 2.75) is 75.8 Å². The van der Waals surface area contributed by atoms with E-state index in [0.29, 0.717) is 22.6 Å². The van der Waals surface area contributed by atoms with Gasteiger partial charge in [-0.1, -0.05) is 18.0 Å². The maximum atomic E-state index is 12.4. The number of carbonyl (C=O) groups excluding carboxylic acids is 2. The predicted octanol–water partition coefficient (Wildman–Crippen LogP) is 3.99. The number of nitrogens with zero attached hydrogens (tertiary/aromatic N) is 3. The van der Waals surface area contributed by atoms with Crippen LogP contribution in [0.25, 0.3) is 0 Å². The molecule has 8 heteroatoms. The number of urea groups is 1. The van der Waals surface area contributed by atoms with Gasteiger partial charge in [-0.25, -0.2) is 9.78 Å². The Balaban J connectivity index is 1.37. The molecule has 2 aliphatic carbocycles. The van der Waals surface area contributed by atoms with E-state index in [0.717, 1.165) is 56.6 Å². The normalized spacial score (nSPS) is 26.2. The largest absolute Gasteiger partial charge is 0.351 e. The van der Waals surface area contributed by atoms with E-state index in [1.54, 1.807) is 17.5 Å². The van der Waals surface area contributed by atoms with Crippen molar-refractivity contribution in [3.63, 3.8) is 0 Å². The fourth-order valence-electron chi connectivity index (χ4n) is 4.85. The van der Waals surface area contributed by atoms with Gasteiger partial charge in [0.1, 0.15) is 4.34 Å². The molecule has 3 fully saturated rings. The van der Waals surface area contributed by atoms with Crippen molar-refractivity contribution >= 4 is 34.9 Å². The molecule has 0 radical (unpaired) electrons. The molecule has 2 N–H and O–H groups in total. The molecular weight excluding hydrogens is 396 g/mol. The van der Waals surface area contributed by atoms with E-state index >= 15 is 0 Å². The number of aromatic nitrogens is 1. The zero-order valence-electron chi connectivity index (χ0n) is 16.2. The van der Waals surface area contributed by atoms with Gasteiger partial charge in [-0.15, -0.1) is 11.3 Å². The highest BCUT2D eigenvalue weighted by Crippen LogP contribution is 2.39. The van der Waals surface area contributed by atoms with E-state index in [2.05, 4.69) is 4.98 Å². The summed E-state index contributed by atoms with van der Waals surface area (Å²) in [7, 11) is 0. The summed E-state index contributed by atoms with van der Waals surface area (Å²) in [5.74, 6) is 1.24. The van der Waals surface area contributed by atoms with Gasteiger partial charge in [0.05, 0.1) is 11.2 Å². The number of thiazole rings is 1. The average molecular weight is 425 g/mol. The van der Waals surface area contributed by atoms with E-state index in [1.165, 1.54) is 12.8 Å². The molecule has 0 aromatic carbocycles. The van der Waals surface area contributed by atoms with Crippen LogP contribution < -0.4 is 5.73 Å². The highest BCUT2D eigenvalue weighted by atomic mass is 35.5. The molecule has 2 unspecified atom stereocenters. The first-order valence-corrected chi connectivity index (χ1v) is 11.7. The van der Waals surface area contributed by atoms with E-state index in [-0.39, 0.29) is 24.0 Å². The van der Waals surface area contributed by atoms with Gasteiger partial charge in [0.15, 0.2) is 0 Å². The quantitative estimate of drug-likeness (QED) is 0.775. The minimum Gasteiger partial charge on any atom is -0.351 e. The number of rotatable bonds is 5. The second kappa shape index (κ2) is 8.57. The molecule has 1 aromatic heterocycles. The predicted molar refractivity (Wildman–Crippen MR) is 110 cm³/mol. The molecule has 2 saturated carbocycles. The van der Waals surface area contributed by atoms with Gasteiger partial charge < -0.3 is 15.5 Å². The van der Waals surface area contributed by atoms with Crippen molar-refractivity contribution in [3.8, 4) is 0 Å². The Kier molecular flexibility index (Phi) is 6.11. The standard InChI is InChI=1S/C20H29ClN4O2S/c21-17-12-23-19(28-17)14-2-1-3-16(11-14)25(20(22)27)15-6-8-24(9-7-15)18(26)10-13-4-5-13/h12-16H,1-11H2,(H2,22,27). The van der Waals surface area contributed by atoms with Gasteiger partial charge in [0, 0.05) is 37.5 Å². The highest BCUT2D eigenvalue weighted by molar-refractivity contribution is 7.15. The summed E-state index contributed by atoms with van der Waals surface area (Å²) >= 11 is 7.61. The molecule has 1 saturated heterocycles. The molecule has 4 rings (SSSR count). The number of nitrogens with two attached hydrogens (primary N) is 1. The Hall–Kier alpha value is -1.34. The molecular formula is C20H29ClN4O2S. The Bertz CT molecular complexity index is 715. The summed E-state index contributed by atoms with van der Waals surface area (Å²) in [4.78, 5) is 33.1. The number of piperidine rings is 1. The van der Waals surface area contributed by atoms with Gasteiger partial charge in [0.2, 0.25) is 5.91 Å². The third-order valence-corrected chi connectivity index (χ3v) is 7.79. The SMILES string of the molecule is NC(=O)N(C1CCN(C(=O)CC2CC2)CC1)C1CCCC(c2ncc(Cl)s2)C1. The molecule has 2 heterocycles. The molecule has 28 heavy (non-hydrogen) atoms. The molecule has 3 amide bonds. The minimum atomic E-state index is -0.328. The fraction of sp³-hybridized carbons (Fsp3) is 0.750. The molecule has 2 atom stereocenters. The van der Waals surface area contributed by atoms with Crippen LogP contribution in [0.15, 0.2) is 6.20 Å². The van der Waals surface area contributed by atoms with Crippen molar-refractivity contribution in [2.24, 2.45) is 11.7 Å². The minimum absolute atomic E-state index is 0.131. The number of carbonyl (C=O) groups is 2. The number of halogens is 1. The van der Waals surface area contributed by atoms with Crippen LogP contribution in [0.3, 0.4) is 0 Å². The summed E-state index contributed by atoms with van der Waals surface area (Å²) in [6, 6.07) is -0.0469. The van der Waals surface area contributed by atoms with Crippen LogP contribution >= 0.6 is 22.9 Å². The maximum absolute atomic E-state index is 12.4. The maximum Gasteiger partial charge on any atom is 0.315 e. The zero-order chi connectivity index (χ0) is 19.7. The lowest BCUT2D eigenvalue weighted by atomic mass is 9.84. The summed E-state index contributed by atoms with van der Waals surface area (Å²) in [5, 5.41) is 1.07. The van der Waals surface area contributed by atoms with Gasteiger partial charge in [-0.05, 0) is 50.9 Å². The third-order valence-electron chi connectivity index (χ3n) is 6.51. The molecule has 6 nitrogen and oxygen atoms in total. The van der Waals surface area contributed by atoms with Gasteiger partial charge in [0.25, 0.3) is 0 Å². The molecule has 1 aromatic rings. The Labute approximate surface area is 175 Å². The topological polar surface area (TPSA) is 79.5 Å². The van der Waals surface area contributed by atoms with Gasteiger partial charge in [-0.2, -0.15) is 0 Å². The summed E-state index contributed by atoms with van der Waals surface area (Å²) in [6.07, 6.45) is 10.5. The van der Waals surface area contributed by atoms with Crippen LogP contribution in [-0.2, 0) is 4.79 Å². The second-order valence-corrected chi connectivity index (χ2v) is 10.2. The van der Waals surface area contributed by atoms with E-state index in [4.69, 9.17) is 17.3 Å². The summed E-state index contributed by atoms with van der Waals surface area (Å²) < 4.78 is 0.715. The number of hydrogen-bond donors (Lipinski definition) is 1. The highest BCUT2D eigenvalue weighted by Gasteiger charge is 2.37. The smallest absolute Gasteiger partial charge is 0.315 e. The molecule has 3 aliphatic rings. The molecule has 1 aliphatic heterocycles. The Morgan fingerprint density at radius 3 is 2.54 bits per heavy atom. The van der Waals surface area contributed by atoms with Gasteiger partial charge in [-0.3, -0.25) is 4.79 Å². The van der Waals surface area contributed by atoms with Gasteiger partial charge >= 0.3 is 6.03 Å². The number of amides is 3. The lowest BCUT2D eigenvalue weighted by Crippen LogP contribution is -2.55. The first-order valence-electron chi connectivity index (χ1n) is 10.5. The first kappa shape index (κ1) is 20.0. The molecule has 0 bridgehead atoms. The van der Waals surface area contributed by atoms with Crippen LogP contribution in [0.4, 0.5) is 4.79 Å². The Morgan fingerprint density at radius 1 is 1.18 bits per heavy atom. The lowest BCUT2D eigenvalue weighted by molar-refractivity contribution is -0.133. The van der Waals surface area contributed by atoms with E-state index in [9.17, 15) is 9.59 Å².